The molecule has 0 aliphatic carbocycles. The van der Waals surface area contributed by atoms with E-state index >= 15 is 0 Å². The average Bonchev–Trinajstić information content (AvgIpc) is 2.30. The normalized spacial score (nSPS) is 12.9. The molecule has 10 heteroatoms. The maximum atomic E-state index is 8.66. The van der Waals surface area contributed by atoms with E-state index in [0.717, 1.165) is 0 Å². The molecule has 0 aromatic rings. The molecule has 0 aliphatic heterocycles. The van der Waals surface area contributed by atoms with Crippen molar-refractivity contribution in [1.82, 2.24) is 0 Å². The molecular formula is C10H24O10. The summed E-state index contributed by atoms with van der Waals surface area (Å²) in [6, 6.07) is 0. The second-order valence-electron chi connectivity index (χ2n) is 4.37. The minimum Gasteiger partial charge on any atom is -0.396 e. The lowest BCUT2D eigenvalue weighted by molar-refractivity contribution is -0.363. The van der Waals surface area contributed by atoms with Gasteiger partial charge in [-0.15, -0.1) is 0 Å². The second kappa shape index (κ2) is 9.52. The zero-order valence-electron chi connectivity index (χ0n) is 11.2. The molecule has 0 saturated carbocycles. The molecule has 0 saturated heterocycles. The Morgan fingerprint density at radius 1 is 0.700 bits per heavy atom. The summed E-state index contributed by atoms with van der Waals surface area (Å²) < 4.78 is 4.06. The van der Waals surface area contributed by atoms with Gasteiger partial charge in [0.1, 0.15) is 13.2 Å². The van der Waals surface area contributed by atoms with Crippen LogP contribution in [0.1, 0.15) is 13.3 Å². The van der Waals surface area contributed by atoms with E-state index in [1.165, 1.54) is 0 Å². The fourth-order valence-corrected chi connectivity index (χ4v) is 0.810. The zero-order chi connectivity index (χ0) is 16.4. The molecule has 0 unspecified atom stereocenters. The standard InChI is InChI=1S/C6H14O3.C4H10O7/c1-2-6(3-7,4-8)5-9;5-3(6,7)1-11-2-4(8,9)10/h7-9H,2-5H2,1H3;5-10H,1-2H2. The van der Waals surface area contributed by atoms with E-state index in [1.807, 2.05) is 6.92 Å². The first kappa shape index (κ1) is 21.9. The minimum atomic E-state index is -3.04. The number of ether oxygens (including phenoxy) is 1. The van der Waals surface area contributed by atoms with Crippen LogP contribution in [0, 0.1) is 5.41 Å². The van der Waals surface area contributed by atoms with Crippen LogP contribution < -0.4 is 0 Å². The van der Waals surface area contributed by atoms with Gasteiger partial charge in [0, 0.05) is 5.41 Å². The highest BCUT2D eigenvalue weighted by Crippen LogP contribution is 2.18. The molecule has 124 valence electrons. The lowest BCUT2D eigenvalue weighted by Crippen LogP contribution is -2.39. The quantitative estimate of drug-likeness (QED) is 0.198. The summed E-state index contributed by atoms with van der Waals surface area (Å²) in [6.45, 7) is -0.570. The Bertz CT molecular complexity index is 196. The number of rotatable bonds is 8. The number of aliphatic hydroxyl groups is 9. The summed E-state index contributed by atoms with van der Waals surface area (Å²) in [5.74, 6) is -6.07. The summed E-state index contributed by atoms with van der Waals surface area (Å²) in [7, 11) is 0. The Kier molecular flexibility index (Phi) is 10.4. The third-order valence-corrected chi connectivity index (χ3v) is 2.35. The summed E-state index contributed by atoms with van der Waals surface area (Å²) in [5, 5.41) is 74.9. The third kappa shape index (κ3) is 12.6. The van der Waals surface area contributed by atoms with E-state index in [-0.39, 0.29) is 19.8 Å². The molecule has 0 fully saturated rings. The molecule has 0 heterocycles. The molecule has 0 spiro atoms. The Morgan fingerprint density at radius 2 is 1.00 bits per heavy atom. The van der Waals surface area contributed by atoms with Crippen LogP contribution in [-0.2, 0) is 4.74 Å². The van der Waals surface area contributed by atoms with Crippen LogP contribution in [0.3, 0.4) is 0 Å². The van der Waals surface area contributed by atoms with E-state index in [0.29, 0.717) is 6.42 Å². The smallest absolute Gasteiger partial charge is 0.300 e. The molecule has 0 radical (unpaired) electrons. The van der Waals surface area contributed by atoms with E-state index < -0.39 is 30.6 Å². The van der Waals surface area contributed by atoms with Crippen molar-refractivity contribution < 1.29 is 50.7 Å². The fraction of sp³-hybridized carbons (Fsp3) is 1.00. The molecule has 20 heavy (non-hydrogen) atoms. The first-order chi connectivity index (χ1) is 8.95. The van der Waals surface area contributed by atoms with Gasteiger partial charge in [-0.25, -0.2) is 0 Å². The van der Waals surface area contributed by atoms with Crippen molar-refractivity contribution in [2.24, 2.45) is 5.41 Å². The molecule has 9 N–H and O–H groups in total. The molecule has 0 bridgehead atoms. The van der Waals surface area contributed by atoms with Gasteiger partial charge < -0.3 is 50.7 Å². The van der Waals surface area contributed by atoms with Crippen molar-refractivity contribution in [3.8, 4) is 0 Å². The first-order valence-electron chi connectivity index (χ1n) is 5.70. The lowest BCUT2D eigenvalue weighted by atomic mass is 9.88. The maximum absolute atomic E-state index is 8.66. The van der Waals surface area contributed by atoms with Crippen LogP contribution in [-0.4, -0.2) is 90.9 Å². The van der Waals surface area contributed by atoms with Crippen LogP contribution in [0.5, 0.6) is 0 Å². The van der Waals surface area contributed by atoms with Gasteiger partial charge >= 0.3 is 0 Å². The SMILES string of the molecule is CCC(CO)(CO)CO.OC(O)(O)COCC(O)(O)O. The number of aliphatic hydroxyl groups excluding tert-OH is 3. The Morgan fingerprint density at radius 3 is 1.10 bits per heavy atom. The van der Waals surface area contributed by atoms with Gasteiger partial charge in [0.15, 0.2) is 0 Å². The monoisotopic (exact) mass is 304 g/mol. The zero-order valence-corrected chi connectivity index (χ0v) is 11.2. The van der Waals surface area contributed by atoms with Crippen LogP contribution in [0.25, 0.3) is 0 Å². The van der Waals surface area contributed by atoms with Crippen molar-refractivity contribution >= 4 is 0 Å². The van der Waals surface area contributed by atoms with Crippen LogP contribution in [0.4, 0.5) is 0 Å². The topological polar surface area (TPSA) is 191 Å². The van der Waals surface area contributed by atoms with Crippen LogP contribution in [0.2, 0.25) is 0 Å². The highest BCUT2D eigenvalue weighted by Gasteiger charge is 2.25. The average molecular weight is 304 g/mol. The van der Waals surface area contributed by atoms with Gasteiger partial charge in [0.05, 0.1) is 19.8 Å². The Balaban J connectivity index is 0. The van der Waals surface area contributed by atoms with Crippen molar-refractivity contribution in [3.63, 3.8) is 0 Å². The van der Waals surface area contributed by atoms with Crippen LogP contribution in [0.15, 0.2) is 0 Å². The predicted molar refractivity (Wildman–Crippen MR) is 63.6 cm³/mol. The van der Waals surface area contributed by atoms with Crippen molar-refractivity contribution in [2.45, 2.75) is 25.3 Å². The summed E-state index contributed by atoms with van der Waals surface area (Å²) >= 11 is 0. The lowest BCUT2D eigenvalue weighted by Gasteiger charge is -2.24. The first-order valence-corrected chi connectivity index (χ1v) is 5.70. The van der Waals surface area contributed by atoms with Crippen molar-refractivity contribution in [3.05, 3.63) is 0 Å². The molecule has 0 aromatic carbocycles. The second-order valence-corrected chi connectivity index (χ2v) is 4.37. The highest BCUT2D eigenvalue weighted by atomic mass is 16.7. The number of hydrogen-bond acceptors (Lipinski definition) is 10. The molecule has 10 nitrogen and oxygen atoms in total. The fourth-order valence-electron chi connectivity index (χ4n) is 0.810. The largest absolute Gasteiger partial charge is 0.396 e. The van der Waals surface area contributed by atoms with E-state index in [2.05, 4.69) is 4.74 Å². The minimum absolute atomic E-state index is 0.156. The van der Waals surface area contributed by atoms with Gasteiger partial charge in [-0.1, -0.05) is 6.92 Å². The van der Waals surface area contributed by atoms with E-state index in [4.69, 9.17) is 46.0 Å². The predicted octanol–water partition coefficient (Wildman–Crippen LogP) is -4.38. The molecule has 0 aromatic heterocycles. The third-order valence-electron chi connectivity index (χ3n) is 2.35. The van der Waals surface area contributed by atoms with Crippen molar-refractivity contribution in [1.29, 1.82) is 0 Å². The maximum Gasteiger partial charge on any atom is 0.300 e. The molecule has 0 rings (SSSR count). The number of hydrogen-bond donors (Lipinski definition) is 9. The summed E-state index contributed by atoms with van der Waals surface area (Å²) in [4.78, 5) is 0. The Labute approximate surface area is 115 Å². The van der Waals surface area contributed by atoms with Gasteiger partial charge in [-0.2, -0.15) is 0 Å². The summed E-state index contributed by atoms with van der Waals surface area (Å²) in [5.41, 5.74) is -0.667. The molecule has 0 amide bonds. The van der Waals surface area contributed by atoms with E-state index in [1.54, 1.807) is 0 Å². The van der Waals surface area contributed by atoms with Gasteiger partial charge in [0.2, 0.25) is 0 Å². The van der Waals surface area contributed by atoms with Gasteiger partial charge in [-0.3, -0.25) is 0 Å². The highest BCUT2D eigenvalue weighted by molar-refractivity contribution is 4.74. The molecule has 0 atom stereocenters. The summed E-state index contributed by atoms with van der Waals surface area (Å²) in [6.07, 6.45) is 0.594. The van der Waals surface area contributed by atoms with Gasteiger partial charge in [0.25, 0.3) is 11.9 Å². The van der Waals surface area contributed by atoms with E-state index in [9.17, 15) is 0 Å². The van der Waals surface area contributed by atoms with Crippen LogP contribution >= 0.6 is 0 Å². The molecular weight excluding hydrogens is 280 g/mol. The van der Waals surface area contributed by atoms with Crippen molar-refractivity contribution in [2.75, 3.05) is 33.0 Å². The molecule has 0 aliphatic rings. The van der Waals surface area contributed by atoms with Gasteiger partial charge in [-0.05, 0) is 6.42 Å². The Hall–Kier alpha value is -0.400.